The van der Waals surface area contributed by atoms with Gasteiger partial charge in [0.15, 0.2) is 5.16 Å². The number of amides is 1. The van der Waals surface area contributed by atoms with Crippen molar-refractivity contribution < 1.29 is 9.53 Å². The fraction of sp³-hybridized carbons (Fsp3) is 0.414. The van der Waals surface area contributed by atoms with Gasteiger partial charge < -0.3 is 9.64 Å². The van der Waals surface area contributed by atoms with Gasteiger partial charge in [-0.3, -0.25) is 14.2 Å². The third-order valence-corrected chi connectivity index (χ3v) is 8.64. The Bertz CT molecular complexity index is 1320. The van der Waals surface area contributed by atoms with Crippen LogP contribution in [0.4, 0.5) is 0 Å². The number of nitrogens with zero attached hydrogens (tertiary/aromatic N) is 3. The van der Waals surface area contributed by atoms with Gasteiger partial charge in [0, 0.05) is 24.1 Å². The molecule has 0 atom stereocenters. The van der Waals surface area contributed by atoms with Crippen LogP contribution in [0.3, 0.4) is 0 Å². The molecule has 0 saturated heterocycles. The van der Waals surface area contributed by atoms with E-state index < -0.39 is 0 Å². The maximum atomic E-state index is 14.4. The largest absolute Gasteiger partial charge is 0.497 e. The van der Waals surface area contributed by atoms with Gasteiger partial charge in [-0.2, -0.15) is 0 Å². The number of aromatic nitrogens is 2. The second-order valence-electron chi connectivity index (χ2n) is 9.63. The number of ether oxygens (including phenoxy) is 1. The zero-order valence-electron chi connectivity index (χ0n) is 21.3. The smallest absolute Gasteiger partial charge is 0.263 e. The molecule has 188 valence electrons. The van der Waals surface area contributed by atoms with Gasteiger partial charge in [0.25, 0.3) is 5.56 Å². The van der Waals surface area contributed by atoms with Crippen LogP contribution in [0.15, 0.2) is 58.5 Å². The highest BCUT2D eigenvalue weighted by Gasteiger charge is 2.44. The molecule has 1 amide bonds. The highest BCUT2D eigenvalue weighted by atomic mass is 32.2. The van der Waals surface area contributed by atoms with E-state index in [1.165, 1.54) is 17.3 Å². The summed E-state index contributed by atoms with van der Waals surface area (Å²) in [6.45, 7) is 5.28. The molecule has 5 rings (SSSR count). The summed E-state index contributed by atoms with van der Waals surface area (Å²) < 4.78 is 7.06. The van der Waals surface area contributed by atoms with Crippen LogP contribution in [0.5, 0.6) is 5.75 Å². The molecule has 2 aromatic carbocycles. The van der Waals surface area contributed by atoms with Crippen molar-refractivity contribution in [3.63, 3.8) is 0 Å². The zero-order chi connectivity index (χ0) is 25.3. The van der Waals surface area contributed by atoms with Crippen molar-refractivity contribution in [2.45, 2.75) is 56.5 Å². The fourth-order valence-electron chi connectivity index (χ4n) is 5.86. The molecule has 1 spiro atoms. The molecule has 0 N–H and O–H groups in total. The van der Waals surface area contributed by atoms with Crippen LogP contribution in [0.2, 0.25) is 0 Å². The van der Waals surface area contributed by atoms with Crippen molar-refractivity contribution in [3.8, 4) is 22.7 Å². The first-order valence-corrected chi connectivity index (χ1v) is 13.8. The highest BCUT2D eigenvalue weighted by molar-refractivity contribution is 7.99. The van der Waals surface area contributed by atoms with Crippen molar-refractivity contribution in [1.82, 2.24) is 14.5 Å². The number of methoxy groups -OCH3 is 1. The minimum Gasteiger partial charge on any atom is -0.497 e. The molecule has 0 aliphatic heterocycles. The van der Waals surface area contributed by atoms with E-state index in [1.54, 1.807) is 11.7 Å². The fourth-order valence-corrected chi connectivity index (χ4v) is 6.77. The lowest BCUT2D eigenvalue weighted by molar-refractivity contribution is -0.127. The van der Waals surface area contributed by atoms with E-state index in [-0.39, 0.29) is 22.6 Å². The van der Waals surface area contributed by atoms with Gasteiger partial charge in [0.2, 0.25) is 5.91 Å². The third-order valence-electron chi connectivity index (χ3n) is 7.72. The number of rotatable bonds is 7. The topological polar surface area (TPSA) is 64.4 Å². The Hall–Kier alpha value is -3.06. The molecule has 36 heavy (non-hydrogen) atoms. The standard InChI is InChI=1S/C29H33N3O3S/c1-4-31(5-2)24(33)19-36-28-30-26-23-11-7-6-10-20(23)18-29(16-8-9-17-29)25(26)27(34)32(28)21-12-14-22(35-3)15-13-21/h6-7,10-15H,4-5,8-9,16-19H2,1-3H3. The Morgan fingerprint density at radius 3 is 2.44 bits per heavy atom. The average Bonchev–Trinajstić information content (AvgIpc) is 3.36. The lowest BCUT2D eigenvalue weighted by Crippen LogP contribution is -2.40. The van der Waals surface area contributed by atoms with Gasteiger partial charge in [-0.25, -0.2) is 4.98 Å². The number of benzene rings is 2. The summed E-state index contributed by atoms with van der Waals surface area (Å²) in [5.74, 6) is 1.01. The van der Waals surface area contributed by atoms with Crippen LogP contribution >= 0.6 is 11.8 Å². The minimum atomic E-state index is -0.178. The normalized spacial score (nSPS) is 15.4. The molecule has 2 aliphatic carbocycles. The lowest BCUT2D eigenvalue weighted by atomic mass is 9.68. The number of carbonyl (C=O) groups is 1. The predicted octanol–water partition coefficient (Wildman–Crippen LogP) is 5.24. The maximum absolute atomic E-state index is 14.4. The van der Waals surface area contributed by atoms with Gasteiger partial charge in [0.05, 0.1) is 29.8 Å². The first-order valence-electron chi connectivity index (χ1n) is 12.8. The van der Waals surface area contributed by atoms with Crippen LogP contribution in [-0.4, -0.2) is 46.3 Å². The second kappa shape index (κ2) is 10.1. The summed E-state index contributed by atoms with van der Waals surface area (Å²) >= 11 is 1.34. The number of hydrogen-bond acceptors (Lipinski definition) is 5. The first kappa shape index (κ1) is 24.6. The van der Waals surface area contributed by atoms with Crippen LogP contribution in [0.25, 0.3) is 16.9 Å². The Morgan fingerprint density at radius 1 is 1.08 bits per heavy atom. The first-order chi connectivity index (χ1) is 17.5. The van der Waals surface area contributed by atoms with Gasteiger partial charge in [0.1, 0.15) is 5.75 Å². The third kappa shape index (κ3) is 4.23. The van der Waals surface area contributed by atoms with Gasteiger partial charge in [-0.05, 0) is 62.9 Å². The van der Waals surface area contributed by atoms with E-state index >= 15 is 0 Å². The molecule has 0 unspecified atom stereocenters. The minimum absolute atomic E-state index is 0.0145. The number of fused-ring (bicyclic) bond motifs is 4. The molecule has 2 aliphatic rings. The Morgan fingerprint density at radius 2 is 1.78 bits per heavy atom. The number of thioether (sulfide) groups is 1. The zero-order valence-corrected chi connectivity index (χ0v) is 22.1. The Kier molecular flexibility index (Phi) is 6.93. The van der Waals surface area contributed by atoms with Crippen LogP contribution < -0.4 is 10.3 Å². The van der Waals surface area contributed by atoms with Gasteiger partial charge >= 0.3 is 0 Å². The van der Waals surface area contributed by atoms with E-state index in [4.69, 9.17) is 9.72 Å². The van der Waals surface area contributed by atoms with Crippen molar-refractivity contribution in [2.75, 3.05) is 26.0 Å². The summed E-state index contributed by atoms with van der Waals surface area (Å²) in [7, 11) is 1.63. The summed E-state index contributed by atoms with van der Waals surface area (Å²) in [5.41, 5.74) is 4.49. The molecule has 7 heteroatoms. The van der Waals surface area contributed by atoms with Gasteiger partial charge in [-0.15, -0.1) is 0 Å². The monoisotopic (exact) mass is 503 g/mol. The number of hydrogen-bond donors (Lipinski definition) is 0. The van der Waals surface area contributed by atoms with E-state index in [1.807, 2.05) is 49.1 Å². The van der Waals surface area contributed by atoms with Crippen LogP contribution in [0, 0.1) is 0 Å². The maximum Gasteiger partial charge on any atom is 0.263 e. The van der Waals surface area contributed by atoms with Crippen molar-refractivity contribution in [2.24, 2.45) is 0 Å². The molecule has 0 bridgehead atoms. The Balaban J connectivity index is 1.70. The highest BCUT2D eigenvalue weighted by Crippen LogP contribution is 2.50. The Labute approximate surface area is 216 Å². The quantitative estimate of drug-likeness (QED) is 0.326. The SMILES string of the molecule is CCN(CC)C(=O)CSc1nc2c(c(=O)n1-c1ccc(OC)cc1)C1(CCCC1)Cc1ccccc1-2. The van der Waals surface area contributed by atoms with E-state index in [9.17, 15) is 9.59 Å². The molecule has 1 saturated carbocycles. The van der Waals surface area contributed by atoms with Crippen LogP contribution in [0.1, 0.15) is 50.7 Å². The molecular weight excluding hydrogens is 470 g/mol. The van der Waals surface area contributed by atoms with E-state index in [2.05, 4.69) is 18.2 Å². The molecule has 6 nitrogen and oxygen atoms in total. The molecular formula is C29H33N3O3S. The summed E-state index contributed by atoms with van der Waals surface area (Å²) in [6.07, 6.45) is 5.13. The lowest BCUT2D eigenvalue weighted by Gasteiger charge is -2.36. The predicted molar refractivity (Wildman–Crippen MR) is 144 cm³/mol. The van der Waals surface area contributed by atoms with Gasteiger partial charge in [-0.1, -0.05) is 48.9 Å². The number of carbonyl (C=O) groups excluding carboxylic acids is 1. The van der Waals surface area contributed by atoms with E-state index in [0.29, 0.717) is 18.2 Å². The average molecular weight is 504 g/mol. The molecule has 3 aromatic rings. The molecule has 1 aromatic heterocycles. The molecule has 1 heterocycles. The van der Waals surface area contributed by atoms with Crippen molar-refractivity contribution in [1.29, 1.82) is 0 Å². The summed E-state index contributed by atoms with van der Waals surface area (Å²) in [6, 6.07) is 15.8. The summed E-state index contributed by atoms with van der Waals surface area (Å²) in [4.78, 5) is 34.3. The van der Waals surface area contributed by atoms with Crippen molar-refractivity contribution in [3.05, 3.63) is 70.0 Å². The molecule has 0 radical (unpaired) electrons. The second-order valence-corrected chi connectivity index (χ2v) is 10.6. The summed E-state index contributed by atoms with van der Waals surface area (Å²) in [5, 5.41) is 0.550. The van der Waals surface area contributed by atoms with Crippen molar-refractivity contribution >= 4 is 17.7 Å². The van der Waals surface area contributed by atoms with Crippen LogP contribution in [-0.2, 0) is 16.6 Å². The van der Waals surface area contributed by atoms with E-state index in [0.717, 1.165) is 60.4 Å². The molecule has 1 fully saturated rings.